The highest BCUT2D eigenvalue weighted by Gasteiger charge is 2.22. The van der Waals surface area contributed by atoms with Crippen LogP contribution < -0.4 is 10.5 Å². The molecule has 2 rings (SSSR count). The summed E-state index contributed by atoms with van der Waals surface area (Å²) in [5, 5.41) is 0. The van der Waals surface area contributed by atoms with E-state index in [1.54, 1.807) is 23.5 Å². The molecule has 21 heavy (non-hydrogen) atoms. The zero-order chi connectivity index (χ0) is 15.8. The molecule has 0 aliphatic heterocycles. The Balaban J connectivity index is 2.31. The predicted molar refractivity (Wildman–Crippen MR) is 91.1 cm³/mol. The molecule has 0 radical (unpaired) electrons. The van der Waals surface area contributed by atoms with Crippen LogP contribution in [-0.2, 0) is 10.0 Å². The van der Waals surface area contributed by atoms with Crippen molar-refractivity contribution in [3.8, 4) is 0 Å². The summed E-state index contributed by atoms with van der Waals surface area (Å²) in [4.78, 5) is 2.38. The first-order valence-corrected chi connectivity index (χ1v) is 9.44. The molecule has 2 aromatic rings. The highest BCUT2D eigenvalue weighted by molar-refractivity contribution is 9.10. The van der Waals surface area contributed by atoms with Gasteiger partial charge in [0.2, 0.25) is 10.0 Å². The van der Waals surface area contributed by atoms with Gasteiger partial charge in [0.05, 0.1) is 5.69 Å². The number of hydrogen-bond donors (Lipinski definition) is 2. The molecule has 7 heteroatoms. The lowest BCUT2D eigenvalue weighted by Gasteiger charge is -2.15. The third-order valence-electron chi connectivity index (χ3n) is 3.14. The smallest absolute Gasteiger partial charge is 0.243 e. The van der Waals surface area contributed by atoms with Crippen LogP contribution >= 0.6 is 27.3 Å². The molecule has 1 aromatic heterocycles. The number of sulfonamides is 1. The summed E-state index contributed by atoms with van der Waals surface area (Å²) in [6.45, 7) is 5.84. The number of halogens is 1. The van der Waals surface area contributed by atoms with Crippen LogP contribution in [0, 0.1) is 13.8 Å². The Morgan fingerprint density at radius 2 is 1.95 bits per heavy atom. The van der Waals surface area contributed by atoms with Crippen molar-refractivity contribution in [2.24, 2.45) is 0 Å². The van der Waals surface area contributed by atoms with Crippen molar-refractivity contribution >= 4 is 43.0 Å². The van der Waals surface area contributed by atoms with E-state index in [1.807, 2.05) is 26.8 Å². The van der Waals surface area contributed by atoms with E-state index in [0.717, 1.165) is 19.8 Å². The Morgan fingerprint density at radius 3 is 2.48 bits per heavy atom. The number of hydrogen-bond acceptors (Lipinski definition) is 4. The van der Waals surface area contributed by atoms with Crippen molar-refractivity contribution in [1.82, 2.24) is 4.72 Å². The Labute approximate surface area is 137 Å². The van der Waals surface area contributed by atoms with Gasteiger partial charge in [-0.25, -0.2) is 13.1 Å². The van der Waals surface area contributed by atoms with Gasteiger partial charge in [-0.05, 0) is 50.6 Å². The van der Waals surface area contributed by atoms with E-state index in [1.165, 1.54) is 6.07 Å². The minimum atomic E-state index is -3.65. The Bertz CT molecular complexity index is 769. The van der Waals surface area contributed by atoms with Gasteiger partial charge in [0.25, 0.3) is 0 Å². The number of aryl methyl sites for hydroxylation is 2. The molecule has 0 spiro atoms. The van der Waals surface area contributed by atoms with E-state index >= 15 is 0 Å². The molecule has 1 atom stereocenters. The first-order valence-electron chi connectivity index (χ1n) is 6.35. The molecule has 114 valence electrons. The Hall–Kier alpha value is -0.890. The summed E-state index contributed by atoms with van der Waals surface area (Å²) in [7, 11) is -3.65. The fourth-order valence-electron chi connectivity index (χ4n) is 2.20. The van der Waals surface area contributed by atoms with Gasteiger partial charge < -0.3 is 5.73 Å². The summed E-state index contributed by atoms with van der Waals surface area (Å²) < 4.78 is 28.4. The number of nitrogens with one attached hydrogen (secondary N) is 1. The van der Waals surface area contributed by atoms with E-state index in [4.69, 9.17) is 5.73 Å². The highest BCUT2D eigenvalue weighted by atomic mass is 79.9. The van der Waals surface area contributed by atoms with Crippen LogP contribution in [0.2, 0.25) is 0 Å². The van der Waals surface area contributed by atoms with Gasteiger partial charge in [-0.15, -0.1) is 11.3 Å². The summed E-state index contributed by atoms with van der Waals surface area (Å²) in [6.07, 6.45) is 0. The van der Waals surface area contributed by atoms with Gasteiger partial charge in [-0.2, -0.15) is 0 Å². The third kappa shape index (κ3) is 3.66. The van der Waals surface area contributed by atoms with Crippen molar-refractivity contribution < 1.29 is 8.42 Å². The second kappa shape index (κ2) is 6.08. The van der Waals surface area contributed by atoms with E-state index in [-0.39, 0.29) is 16.6 Å². The zero-order valence-electron chi connectivity index (χ0n) is 12.0. The molecule has 0 bridgehead atoms. The maximum absolute atomic E-state index is 12.5. The van der Waals surface area contributed by atoms with Gasteiger partial charge in [-0.3, -0.25) is 0 Å². The summed E-state index contributed by atoms with van der Waals surface area (Å²) in [6, 6.07) is 6.45. The fraction of sp³-hybridized carbons (Fsp3) is 0.286. The predicted octanol–water partition coefficient (Wildman–Crippen LogP) is 3.75. The van der Waals surface area contributed by atoms with Crippen LogP contribution in [0.5, 0.6) is 0 Å². The van der Waals surface area contributed by atoms with E-state index in [9.17, 15) is 8.42 Å². The molecule has 4 nitrogen and oxygen atoms in total. The third-order valence-corrected chi connectivity index (χ3v) is 6.23. The molecule has 0 aliphatic rings. The molecule has 1 unspecified atom stereocenters. The van der Waals surface area contributed by atoms with Gasteiger partial charge >= 0.3 is 0 Å². The highest BCUT2D eigenvalue weighted by Crippen LogP contribution is 2.29. The lowest BCUT2D eigenvalue weighted by molar-refractivity contribution is 0.567. The van der Waals surface area contributed by atoms with Crippen LogP contribution in [0.3, 0.4) is 0 Å². The molecule has 0 saturated heterocycles. The largest absolute Gasteiger partial charge is 0.398 e. The average Bonchev–Trinajstić information content (AvgIpc) is 2.67. The van der Waals surface area contributed by atoms with E-state index < -0.39 is 10.0 Å². The molecular formula is C14H17BrN2O2S2. The van der Waals surface area contributed by atoms with E-state index in [0.29, 0.717) is 0 Å². The monoisotopic (exact) mass is 388 g/mol. The second-order valence-electron chi connectivity index (χ2n) is 4.89. The van der Waals surface area contributed by atoms with Crippen molar-refractivity contribution in [2.45, 2.75) is 31.7 Å². The number of nitrogen functional groups attached to an aromatic ring is 1. The quantitative estimate of drug-likeness (QED) is 0.783. The Kier molecular flexibility index (Phi) is 4.77. The standard InChI is InChI=1S/C14H17BrN2O2S2/c1-8-6-12(10(3)20-8)9(2)17-21(18,19)14-5-4-11(15)7-13(14)16/h4-7,9,17H,16H2,1-3H3. The van der Waals surface area contributed by atoms with Crippen LogP contribution in [0.1, 0.15) is 28.3 Å². The van der Waals surface area contributed by atoms with Gasteiger partial charge in [0.1, 0.15) is 4.90 Å². The lowest BCUT2D eigenvalue weighted by Crippen LogP contribution is -2.27. The minimum Gasteiger partial charge on any atom is -0.398 e. The molecule has 1 heterocycles. The second-order valence-corrected chi connectivity index (χ2v) is 8.95. The Morgan fingerprint density at radius 1 is 1.29 bits per heavy atom. The minimum absolute atomic E-state index is 0.0992. The molecule has 0 saturated carbocycles. The molecule has 1 aromatic carbocycles. The lowest BCUT2D eigenvalue weighted by atomic mass is 10.1. The molecule has 0 fully saturated rings. The van der Waals surface area contributed by atoms with Crippen LogP contribution in [0.4, 0.5) is 5.69 Å². The SMILES string of the molecule is Cc1cc(C(C)NS(=O)(=O)c2ccc(Br)cc2N)c(C)s1. The molecule has 0 aliphatic carbocycles. The first kappa shape index (κ1) is 16.5. The van der Waals surface area contributed by atoms with Gasteiger partial charge in [-0.1, -0.05) is 15.9 Å². The van der Waals surface area contributed by atoms with Gasteiger partial charge in [0.15, 0.2) is 0 Å². The van der Waals surface area contributed by atoms with Crippen LogP contribution in [0.25, 0.3) is 0 Å². The maximum atomic E-state index is 12.5. The molecule has 0 amide bonds. The summed E-state index contributed by atoms with van der Waals surface area (Å²) in [5.74, 6) is 0. The van der Waals surface area contributed by atoms with Crippen molar-refractivity contribution in [3.63, 3.8) is 0 Å². The normalized spacial score (nSPS) is 13.3. The zero-order valence-corrected chi connectivity index (χ0v) is 15.2. The average molecular weight is 389 g/mol. The molecule has 3 N–H and O–H groups in total. The maximum Gasteiger partial charge on any atom is 0.243 e. The molecular weight excluding hydrogens is 372 g/mol. The summed E-state index contributed by atoms with van der Waals surface area (Å²) in [5.41, 5.74) is 7.03. The van der Waals surface area contributed by atoms with Crippen LogP contribution in [0.15, 0.2) is 33.6 Å². The van der Waals surface area contributed by atoms with Crippen molar-refractivity contribution in [2.75, 3.05) is 5.73 Å². The van der Waals surface area contributed by atoms with E-state index in [2.05, 4.69) is 20.7 Å². The number of nitrogens with two attached hydrogens (primary N) is 1. The number of anilines is 1. The van der Waals surface area contributed by atoms with Gasteiger partial charge in [0, 0.05) is 20.3 Å². The fourth-order valence-corrected chi connectivity index (χ4v) is 4.94. The van der Waals surface area contributed by atoms with Crippen molar-refractivity contribution in [3.05, 3.63) is 44.1 Å². The van der Waals surface area contributed by atoms with Crippen molar-refractivity contribution in [1.29, 1.82) is 0 Å². The summed E-state index contributed by atoms with van der Waals surface area (Å²) >= 11 is 4.93. The number of benzene rings is 1. The number of rotatable bonds is 4. The van der Waals surface area contributed by atoms with Crippen LogP contribution in [-0.4, -0.2) is 8.42 Å². The first-order chi connectivity index (χ1) is 9.70. The number of thiophene rings is 1. The topological polar surface area (TPSA) is 72.2 Å².